The van der Waals surface area contributed by atoms with E-state index in [4.69, 9.17) is 4.74 Å². The third kappa shape index (κ3) is 6.19. The van der Waals surface area contributed by atoms with E-state index in [9.17, 15) is 13.2 Å². The van der Waals surface area contributed by atoms with Crippen LogP contribution < -0.4 is 10.1 Å². The highest BCUT2D eigenvalue weighted by atomic mass is 32.2. The van der Waals surface area contributed by atoms with Crippen LogP contribution in [0.25, 0.3) is 0 Å². The summed E-state index contributed by atoms with van der Waals surface area (Å²) in [6.45, 7) is 3.10. The first-order valence-corrected chi connectivity index (χ1v) is 12.6. The van der Waals surface area contributed by atoms with Crippen LogP contribution in [0.15, 0.2) is 78.9 Å². The highest BCUT2D eigenvalue weighted by Crippen LogP contribution is 2.29. The molecule has 8 heteroatoms. The number of para-hydroxylation sites is 3. The number of nitrogens with zero attached hydrogens (tertiary/aromatic N) is 2. The molecule has 172 valence electrons. The van der Waals surface area contributed by atoms with Crippen LogP contribution in [-0.4, -0.2) is 56.0 Å². The maximum Gasteiger partial charge on any atom is 0.255 e. The fourth-order valence-corrected chi connectivity index (χ4v) is 4.53. The molecule has 1 aliphatic rings. The molecule has 1 aliphatic heterocycles. The van der Waals surface area contributed by atoms with Crippen molar-refractivity contribution in [2.45, 2.75) is 6.54 Å². The Morgan fingerprint density at radius 2 is 1.52 bits per heavy atom. The molecular formula is C25H27N3O4S. The molecule has 33 heavy (non-hydrogen) atoms. The van der Waals surface area contributed by atoms with Crippen molar-refractivity contribution in [1.82, 2.24) is 9.21 Å². The number of rotatable bonds is 7. The average Bonchev–Trinajstić information content (AvgIpc) is 2.81. The van der Waals surface area contributed by atoms with E-state index in [-0.39, 0.29) is 5.91 Å². The van der Waals surface area contributed by atoms with Crippen molar-refractivity contribution in [2.75, 3.05) is 37.8 Å². The number of carbonyl (C=O) groups is 1. The summed E-state index contributed by atoms with van der Waals surface area (Å²) < 4.78 is 30.7. The first-order chi connectivity index (χ1) is 15.9. The number of benzene rings is 3. The average molecular weight is 466 g/mol. The van der Waals surface area contributed by atoms with Crippen molar-refractivity contribution in [3.63, 3.8) is 0 Å². The van der Waals surface area contributed by atoms with Gasteiger partial charge in [0.15, 0.2) is 5.75 Å². The summed E-state index contributed by atoms with van der Waals surface area (Å²) in [5.41, 5.74) is 2.22. The predicted molar refractivity (Wildman–Crippen MR) is 129 cm³/mol. The van der Waals surface area contributed by atoms with Gasteiger partial charge in [0, 0.05) is 38.3 Å². The lowest BCUT2D eigenvalue weighted by Gasteiger charge is -2.33. The number of piperazine rings is 1. The van der Waals surface area contributed by atoms with E-state index in [1.165, 1.54) is 10.6 Å². The molecule has 1 saturated heterocycles. The summed E-state index contributed by atoms with van der Waals surface area (Å²) in [5.74, 6) is 1.05. The van der Waals surface area contributed by atoms with Crippen LogP contribution in [0, 0.1) is 0 Å². The zero-order valence-corrected chi connectivity index (χ0v) is 19.3. The standard InChI is InChI=1S/C25H27N3O4S/c1-33(30,31)28-17-15-27(16-18-28)19-20-11-13-21(14-12-20)25(29)26-23-9-5-6-10-24(23)32-22-7-3-2-4-8-22/h2-14H,15-19H2,1H3,(H,26,29). The van der Waals surface area contributed by atoms with Gasteiger partial charge in [-0.1, -0.05) is 42.5 Å². The van der Waals surface area contributed by atoms with E-state index in [1.54, 1.807) is 18.2 Å². The van der Waals surface area contributed by atoms with E-state index in [0.717, 1.165) is 5.56 Å². The second-order valence-electron chi connectivity index (χ2n) is 8.00. The summed E-state index contributed by atoms with van der Waals surface area (Å²) in [6, 6.07) is 24.2. The van der Waals surface area contributed by atoms with Crippen LogP contribution in [0.4, 0.5) is 5.69 Å². The van der Waals surface area contributed by atoms with E-state index >= 15 is 0 Å². The van der Waals surface area contributed by atoms with Gasteiger partial charge in [0.25, 0.3) is 5.91 Å². The van der Waals surface area contributed by atoms with Gasteiger partial charge in [-0.3, -0.25) is 9.69 Å². The molecule has 1 heterocycles. The number of carbonyl (C=O) groups excluding carboxylic acids is 1. The Labute approximate surface area is 194 Å². The third-order valence-electron chi connectivity index (χ3n) is 5.53. The fourth-order valence-electron chi connectivity index (χ4n) is 3.71. The van der Waals surface area contributed by atoms with Crippen LogP contribution in [0.1, 0.15) is 15.9 Å². The SMILES string of the molecule is CS(=O)(=O)N1CCN(Cc2ccc(C(=O)Nc3ccccc3Oc3ccccc3)cc2)CC1. The van der Waals surface area contributed by atoms with E-state index in [1.807, 2.05) is 60.7 Å². The largest absolute Gasteiger partial charge is 0.455 e. The topological polar surface area (TPSA) is 79.0 Å². The Morgan fingerprint density at radius 3 is 2.18 bits per heavy atom. The Bertz CT molecular complexity index is 1190. The van der Waals surface area contributed by atoms with Gasteiger partial charge >= 0.3 is 0 Å². The Hall–Kier alpha value is -3.20. The van der Waals surface area contributed by atoms with Gasteiger partial charge in [-0.25, -0.2) is 8.42 Å². The van der Waals surface area contributed by atoms with E-state index in [0.29, 0.717) is 55.5 Å². The third-order valence-corrected chi connectivity index (χ3v) is 6.83. The number of amides is 1. The Kier molecular flexibility index (Phi) is 7.08. The molecule has 3 aromatic carbocycles. The summed E-state index contributed by atoms with van der Waals surface area (Å²) in [5, 5.41) is 2.93. The van der Waals surface area contributed by atoms with Crippen LogP contribution in [0.3, 0.4) is 0 Å². The minimum absolute atomic E-state index is 0.215. The highest BCUT2D eigenvalue weighted by molar-refractivity contribution is 7.88. The number of hydrogen-bond donors (Lipinski definition) is 1. The second-order valence-corrected chi connectivity index (χ2v) is 9.98. The minimum atomic E-state index is -3.13. The van der Waals surface area contributed by atoms with Gasteiger partial charge in [0.05, 0.1) is 11.9 Å². The van der Waals surface area contributed by atoms with E-state index < -0.39 is 10.0 Å². The maximum atomic E-state index is 12.8. The van der Waals surface area contributed by atoms with Gasteiger partial charge in [-0.15, -0.1) is 0 Å². The molecule has 0 radical (unpaired) electrons. The van der Waals surface area contributed by atoms with Crippen LogP contribution in [0.5, 0.6) is 11.5 Å². The maximum absolute atomic E-state index is 12.8. The van der Waals surface area contributed by atoms with Crippen molar-refractivity contribution in [1.29, 1.82) is 0 Å². The summed E-state index contributed by atoms with van der Waals surface area (Å²) >= 11 is 0. The Morgan fingerprint density at radius 1 is 0.879 bits per heavy atom. The quantitative estimate of drug-likeness (QED) is 0.574. The van der Waals surface area contributed by atoms with Crippen molar-refractivity contribution in [2.24, 2.45) is 0 Å². The second kappa shape index (κ2) is 10.2. The molecule has 1 N–H and O–H groups in total. The van der Waals surface area contributed by atoms with Crippen molar-refractivity contribution in [3.05, 3.63) is 90.0 Å². The number of nitrogens with one attached hydrogen (secondary N) is 1. The van der Waals surface area contributed by atoms with Crippen LogP contribution in [-0.2, 0) is 16.6 Å². The summed E-state index contributed by atoms with van der Waals surface area (Å²) in [6.07, 6.45) is 1.25. The zero-order valence-electron chi connectivity index (χ0n) is 18.5. The lowest BCUT2D eigenvalue weighted by atomic mass is 10.1. The van der Waals surface area contributed by atoms with E-state index in [2.05, 4.69) is 10.2 Å². The monoisotopic (exact) mass is 465 g/mol. The van der Waals surface area contributed by atoms with Crippen molar-refractivity contribution >= 4 is 21.6 Å². The first kappa shape index (κ1) is 23.0. The first-order valence-electron chi connectivity index (χ1n) is 10.8. The smallest absolute Gasteiger partial charge is 0.255 e. The number of sulfonamides is 1. The fraction of sp³-hybridized carbons (Fsp3) is 0.240. The number of ether oxygens (including phenoxy) is 1. The molecule has 0 aliphatic carbocycles. The number of anilines is 1. The molecule has 0 bridgehead atoms. The van der Waals surface area contributed by atoms with Gasteiger partial charge < -0.3 is 10.1 Å². The predicted octanol–water partition coefficient (Wildman–Crippen LogP) is 3.81. The highest BCUT2D eigenvalue weighted by Gasteiger charge is 2.23. The molecule has 0 aromatic heterocycles. The molecule has 7 nitrogen and oxygen atoms in total. The van der Waals surface area contributed by atoms with Crippen molar-refractivity contribution in [3.8, 4) is 11.5 Å². The van der Waals surface area contributed by atoms with Gasteiger partial charge in [0.2, 0.25) is 10.0 Å². The lowest BCUT2D eigenvalue weighted by molar-refractivity contribution is 0.102. The molecule has 1 amide bonds. The normalized spacial score (nSPS) is 15.2. The van der Waals surface area contributed by atoms with Crippen LogP contribution in [0.2, 0.25) is 0 Å². The molecule has 0 unspecified atom stereocenters. The zero-order chi connectivity index (χ0) is 23.3. The van der Waals surface area contributed by atoms with Gasteiger partial charge in [-0.05, 0) is 42.0 Å². The molecule has 4 rings (SSSR count). The van der Waals surface area contributed by atoms with Crippen molar-refractivity contribution < 1.29 is 17.9 Å². The lowest BCUT2D eigenvalue weighted by Crippen LogP contribution is -2.47. The summed E-state index contributed by atoms with van der Waals surface area (Å²) in [4.78, 5) is 15.0. The van der Waals surface area contributed by atoms with Crippen LogP contribution >= 0.6 is 0 Å². The Balaban J connectivity index is 1.36. The molecule has 1 fully saturated rings. The molecular weight excluding hydrogens is 438 g/mol. The minimum Gasteiger partial charge on any atom is -0.455 e. The molecule has 0 spiro atoms. The molecule has 0 saturated carbocycles. The molecule has 0 atom stereocenters. The van der Waals surface area contributed by atoms with Gasteiger partial charge in [-0.2, -0.15) is 4.31 Å². The molecule has 3 aromatic rings. The van der Waals surface area contributed by atoms with Gasteiger partial charge in [0.1, 0.15) is 5.75 Å². The summed E-state index contributed by atoms with van der Waals surface area (Å²) in [7, 11) is -3.13. The number of hydrogen-bond acceptors (Lipinski definition) is 5.